The lowest BCUT2D eigenvalue weighted by atomic mass is 9.90. The van der Waals surface area contributed by atoms with Crippen LogP contribution in [0.25, 0.3) is 0 Å². The van der Waals surface area contributed by atoms with Crippen LogP contribution in [0.15, 0.2) is 24.0 Å². The van der Waals surface area contributed by atoms with E-state index in [1.165, 1.54) is 0 Å². The number of hydrogen-bond donors (Lipinski definition) is 3. The summed E-state index contributed by atoms with van der Waals surface area (Å²) >= 11 is 0. The molecule has 1 heterocycles. The molecule has 1 saturated carbocycles. The van der Waals surface area contributed by atoms with Crippen LogP contribution in [0.1, 0.15) is 71.1 Å². The molecule has 148 valence electrons. The van der Waals surface area contributed by atoms with Gasteiger partial charge in [0.05, 0.1) is 18.0 Å². The number of ether oxygens (including phenoxy) is 1. The van der Waals surface area contributed by atoms with Crippen LogP contribution in [0.2, 0.25) is 0 Å². The largest absolute Gasteiger partial charge is 0.495 e. The van der Waals surface area contributed by atoms with E-state index in [2.05, 4.69) is 13.0 Å². The summed E-state index contributed by atoms with van der Waals surface area (Å²) in [5.74, 6) is 0.544. The standard InChI is InChI=1S/C21H34O5/c1-2-3-5-8-15(22)11-12-17-18-13-16(26-20(18)14-19(17)23)9-6-4-7-10-21(24)25/h9,11-12,15,17-20,22-23H,2-8,10,13-14H2,1H3,(H,24,25)/t15-,17+,18+,19+,20-/m0/s1. The molecule has 0 unspecified atom stereocenters. The summed E-state index contributed by atoms with van der Waals surface area (Å²) in [6, 6.07) is 0. The fourth-order valence-electron chi connectivity index (χ4n) is 4.02. The SMILES string of the molecule is CCCCC[C@H](O)C=C[C@@H]1[C@H]2CC(=CCCCCC(=O)O)O[C@H]2C[C@H]1O. The van der Waals surface area contributed by atoms with E-state index in [0.29, 0.717) is 12.8 Å². The van der Waals surface area contributed by atoms with E-state index in [9.17, 15) is 15.0 Å². The van der Waals surface area contributed by atoms with E-state index in [1.54, 1.807) is 0 Å². The highest BCUT2D eigenvalue weighted by Gasteiger charge is 2.46. The van der Waals surface area contributed by atoms with E-state index in [0.717, 1.165) is 50.7 Å². The van der Waals surface area contributed by atoms with Gasteiger partial charge in [-0.1, -0.05) is 38.3 Å². The summed E-state index contributed by atoms with van der Waals surface area (Å²) in [5, 5.41) is 29.0. The molecule has 3 N–H and O–H groups in total. The minimum Gasteiger partial charge on any atom is -0.495 e. The van der Waals surface area contributed by atoms with Gasteiger partial charge in [0.15, 0.2) is 0 Å². The third kappa shape index (κ3) is 6.44. The average Bonchev–Trinajstić information content (AvgIpc) is 3.09. The summed E-state index contributed by atoms with van der Waals surface area (Å²) in [6.07, 6.45) is 13.3. The first-order valence-corrected chi connectivity index (χ1v) is 10.1. The number of unbranched alkanes of at least 4 members (excludes halogenated alkanes) is 4. The molecular weight excluding hydrogens is 332 g/mol. The lowest BCUT2D eigenvalue weighted by Gasteiger charge is -2.16. The molecule has 0 aromatic carbocycles. The van der Waals surface area contributed by atoms with Crippen LogP contribution in [-0.2, 0) is 9.53 Å². The Hall–Kier alpha value is -1.33. The van der Waals surface area contributed by atoms with Crippen molar-refractivity contribution in [3.8, 4) is 0 Å². The van der Waals surface area contributed by atoms with Crippen LogP contribution in [0, 0.1) is 11.8 Å². The Bertz CT molecular complexity index is 499. The number of carboxylic acids is 1. The molecule has 0 bridgehead atoms. The summed E-state index contributed by atoms with van der Waals surface area (Å²) in [7, 11) is 0. The Kier molecular flexibility index (Phi) is 8.66. The first kappa shape index (κ1) is 21.0. The highest BCUT2D eigenvalue weighted by molar-refractivity contribution is 5.66. The number of carboxylic acid groups (broad SMARTS) is 1. The van der Waals surface area contributed by atoms with Gasteiger partial charge in [0.25, 0.3) is 0 Å². The summed E-state index contributed by atoms with van der Waals surface area (Å²) in [4.78, 5) is 10.5. The average molecular weight is 366 g/mol. The first-order chi connectivity index (χ1) is 12.5. The van der Waals surface area contributed by atoms with Gasteiger partial charge in [-0.25, -0.2) is 0 Å². The molecule has 2 rings (SSSR count). The van der Waals surface area contributed by atoms with Crippen LogP contribution >= 0.6 is 0 Å². The Labute approximate surface area is 156 Å². The molecule has 1 saturated heterocycles. The van der Waals surface area contributed by atoms with Crippen LogP contribution in [0.4, 0.5) is 0 Å². The molecule has 2 fully saturated rings. The predicted octanol–water partition coefficient (Wildman–Crippen LogP) is 3.80. The fourth-order valence-corrected chi connectivity index (χ4v) is 4.02. The molecule has 5 heteroatoms. The van der Waals surface area contributed by atoms with Crippen LogP contribution in [0.5, 0.6) is 0 Å². The van der Waals surface area contributed by atoms with Gasteiger partial charge in [-0.3, -0.25) is 4.79 Å². The highest BCUT2D eigenvalue weighted by atomic mass is 16.5. The Morgan fingerprint density at radius 2 is 2.12 bits per heavy atom. The van der Waals surface area contributed by atoms with Crippen molar-refractivity contribution in [3.63, 3.8) is 0 Å². The second-order valence-corrected chi connectivity index (χ2v) is 7.66. The molecular formula is C21H34O5. The second-order valence-electron chi connectivity index (χ2n) is 7.66. The number of rotatable bonds is 11. The zero-order chi connectivity index (χ0) is 18.9. The number of aliphatic hydroxyl groups is 2. The maximum absolute atomic E-state index is 10.5. The molecule has 0 aromatic rings. The van der Waals surface area contributed by atoms with Crippen molar-refractivity contribution in [2.75, 3.05) is 0 Å². The molecule has 0 spiro atoms. The molecule has 0 radical (unpaired) electrons. The van der Waals surface area contributed by atoms with Gasteiger partial charge < -0.3 is 20.1 Å². The lowest BCUT2D eigenvalue weighted by Crippen LogP contribution is -2.18. The Morgan fingerprint density at radius 1 is 1.31 bits per heavy atom. The van der Waals surface area contributed by atoms with Gasteiger partial charge in [-0.15, -0.1) is 0 Å². The summed E-state index contributed by atoms with van der Waals surface area (Å²) in [5.41, 5.74) is 0. The van der Waals surface area contributed by atoms with Gasteiger partial charge in [0.1, 0.15) is 6.10 Å². The van der Waals surface area contributed by atoms with Gasteiger partial charge in [0.2, 0.25) is 0 Å². The van der Waals surface area contributed by atoms with Crippen molar-refractivity contribution in [1.29, 1.82) is 0 Å². The van der Waals surface area contributed by atoms with Crippen molar-refractivity contribution in [1.82, 2.24) is 0 Å². The molecule has 1 aliphatic carbocycles. The first-order valence-electron chi connectivity index (χ1n) is 10.1. The monoisotopic (exact) mass is 366 g/mol. The number of carbonyl (C=O) groups is 1. The minimum absolute atomic E-state index is 0.0405. The smallest absolute Gasteiger partial charge is 0.303 e. The minimum atomic E-state index is -0.746. The zero-order valence-electron chi connectivity index (χ0n) is 15.8. The second kappa shape index (κ2) is 10.7. The van der Waals surface area contributed by atoms with Gasteiger partial charge in [-0.05, 0) is 31.8 Å². The molecule has 2 aliphatic rings. The van der Waals surface area contributed by atoms with E-state index in [1.807, 2.05) is 12.2 Å². The molecule has 0 amide bonds. The van der Waals surface area contributed by atoms with E-state index in [-0.39, 0.29) is 24.4 Å². The summed E-state index contributed by atoms with van der Waals surface area (Å²) < 4.78 is 5.99. The number of fused-ring (bicyclic) bond motifs is 1. The van der Waals surface area contributed by atoms with E-state index < -0.39 is 18.2 Å². The van der Waals surface area contributed by atoms with Crippen molar-refractivity contribution < 1.29 is 24.9 Å². The van der Waals surface area contributed by atoms with E-state index in [4.69, 9.17) is 9.84 Å². The lowest BCUT2D eigenvalue weighted by molar-refractivity contribution is -0.137. The molecule has 5 nitrogen and oxygen atoms in total. The van der Waals surface area contributed by atoms with Crippen molar-refractivity contribution in [2.24, 2.45) is 11.8 Å². The molecule has 26 heavy (non-hydrogen) atoms. The maximum atomic E-state index is 10.5. The quantitative estimate of drug-likeness (QED) is 0.382. The van der Waals surface area contributed by atoms with Crippen molar-refractivity contribution >= 4 is 5.97 Å². The predicted molar refractivity (Wildman–Crippen MR) is 101 cm³/mol. The van der Waals surface area contributed by atoms with Gasteiger partial charge in [0, 0.05) is 31.1 Å². The molecule has 5 atom stereocenters. The zero-order valence-corrected chi connectivity index (χ0v) is 15.8. The van der Waals surface area contributed by atoms with Crippen LogP contribution < -0.4 is 0 Å². The third-order valence-electron chi connectivity index (χ3n) is 5.51. The normalized spacial score (nSPS) is 30.7. The number of aliphatic hydroxyl groups excluding tert-OH is 2. The number of aliphatic carboxylic acids is 1. The highest BCUT2D eigenvalue weighted by Crippen LogP contribution is 2.45. The van der Waals surface area contributed by atoms with Gasteiger partial charge in [-0.2, -0.15) is 0 Å². The van der Waals surface area contributed by atoms with Crippen LogP contribution in [0.3, 0.4) is 0 Å². The van der Waals surface area contributed by atoms with Crippen molar-refractivity contribution in [2.45, 2.75) is 89.4 Å². The summed E-state index contributed by atoms with van der Waals surface area (Å²) in [6.45, 7) is 2.15. The van der Waals surface area contributed by atoms with Crippen molar-refractivity contribution in [3.05, 3.63) is 24.0 Å². The topological polar surface area (TPSA) is 87.0 Å². The number of allylic oxidation sites excluding steroid dienone is 2. The Morgan fingerprint density at radius 3 is 2.85 bits per heavy atom. The van der Waals surface area contributed by atoms with E-state index >= 15 is 0 Å². The molecule has 1 aliphatic heterocycles. The van der Waals surface area contributed by atoms with Gasteiger partial charge >= 0.3 is 5.97 Å². The maximum Gasteiger partial charge on any atom is 0.303 e. The third-order valence-corrected chi connectivity index (χ3v) is 5.51. The fraction of sp³-hybridized carbons (Fsp3) is 0.762. The Balaban J connectivity index is 1.79. The van der Waals surface area contributed by atoms with Crippen LogP contribution in [-0.4, -0.2) is 39.6 Å². The molecule has 0 aromatic heterocycles. The number of hydrogen-bond acceptors (Lipinski definition) is 4.